The molecular formula is C16H18O3P+. The van der Waals surface area contributed by atoms with E-state index in [1.807, 2.05) is 26.8 Å². The highest BCUT2D eigenvalue weighted by Crippen LogP contribution is 2.40. The maximum atomic E-state index is 12.9. The summed E-state index contributed by atoms with van der Waals surface area (Å²) in [5, 5.41) is 0. The molecule has 0 aliphatic heterocycles. The first-order valence-electron chi connectivity index (χ1n) is 6.52. The molecule has 2 unspecified atom stereocenters. The average Bonchev–Trinajstić information content (AvgIpc) is 2.43. The minimum atomic E-state index is -0.916. The monoisotopic (exact) mass is 289 g/mol. The van der Waals surface area contributed by atoms with E-state index in [4.69, 9.17) is 4.52 Å². The van der Waals surface area contributed by atoms with Gasteiger partial charge >= 0.3 is 8.69 Å². The van der Waals surface area contributed by atoms with Crippen molar-refractivity contribution in [2.45, 2.75) is 27.2 Å². The van der Waals surface area contributed by atoms with Crippen molar-refractivity contribution in [3.63, 3.8) is 0 Å². The van der Waals surface area contributed by atoms with Crippen LogP contribution in [-0.4, -0.2) is 5.78 Å². The second-order valence-corrected chi connectivity index (χ2v) is 5.69. The lowest BCUT2D eigenvalue weighted by Crippen LogP contribution is -2.30. The molecular weight excluding hydrogens is 271 g/mol. The van der Waals surface area contributed by atoms with Crippen LogP contribution in [0.3, 0.4) is 0 Å². The van der Waals surface area contributed by atoms with Crippen LogP contribution in [0.5, 0.6) is 5.75 Å². The summed E-state index contributed by atoms with van der Waals surface area (Å²) < 4.78 is 15.8. The predicted molar refractivity (Wildman–Crippen MR) is 80.6 cm³/mol. The summed E-state index contributed by atoms with van der Waals surface area (Å²) in [6.07, 6.45) is 4.79. The maximum Gasteiger partial charge on any atom is 0.542 e. The third-order valence-electron chi connectivity index (χ3n) is 3.93. The van der Waals surface area contributed by atoms with Crippen molar-refractivity contribution in [1.82, 2.24) is 0 Å². The molecule has 4 heteroatoms. The number of benzene rings is 1. The number of allylic oxidation sites excluding steroid dienone is 4. The Kier molecular flexibility index (Phi) is 4.20. The van der Waals surface area contributed by atoms with Crippen molar-refractivity contribution in [2.24, 2.45) is 5.41 Å². The fourth-order valence-electron chi connectivity index (χ4n) is 2.44. The molecule has 0 N–H and O–H groups in total. The second kappa shape index (κ2) is 5.72. The number of ketones is 1. The highest BCUT2D eigenvalue weighted by Gasteiger charge is 2.37. The molecule has 0 fully saturated rings. The average molecular weight is 289 g/mol. The summed E-state index contributed by atoms with van der Waals surface area (Å²) in [7, 11) is -0.916. The molecule has 2 rings (SSSR count). The van der Waals surface area contributed by atoms with Gasteiger partial charge in [-0.15, -0.1) is 0 Å². The Hall–Kier alpha value is -1.73. The van der Waals surface area contributed by atoms with Crippen LogP contribution >= 0.6 is 8.69 Å². The molecule has 0 amide bonds. The number of carbonyl (C=O) groups excluding carboxylic acids is 1. The molecule has 1 aliphatic rings. The van der Waals surface area contributed by atoms with E-state index in [0.717, 1.165) is 5.57 Å². The zero-order chi connectivity index (χ0) is 14.8. The molecule has 1 aliphatic carbocycles. The summed E-state index contributed by atoms with van der Waals surface area (Å²) in [6.45, 7) is 5.96. The van der Waals surface area contributed by atoms with Gasteiger partial charge in [-0.25, -0.2) is 0 Å². The standard InChI is InChI=1S/C16H18O3P/c1-11-8-9-16(3,12(2)10-11)15(17)13-6-4-5-7-14(13)19-20-18/h4-8,10,20H,9H2,1-3H3/q+1. The molecule has 0 saturated heterocycles. The van der Waals surface area contributed by atoms with Crippen LogP contribution in [0, 0.1) is 5.41 Å². The molecule has 0 radical (unpaired) electrons. The first kappa shape index (κ1) is 14.7. The Bertz CT molecular complexity index is 616. The van der Waals surface area contributed by atoms with Crippen molar-refractivity contribution in [1.29, 1.82) is 0 Å². The molecule has 0 heterocycles. The van der Waals surface area contributed by atoms with Gasteiger partial charge in [-0.3, -0.25) is 9.32 Å². The van der Waals surface area contributed by atoms with E-state index in [0.29, 0.717) is 17.7 Å². The summed E-state index contributed by atoms with van der Waals surface area (Å²) in [5.74, 6) is 0.384. The van der Waals surface area contributed by atoms with E-state index in [2.05, 4.69) is 6.08 Å². The minimum absolute atomic E-state index is 0.00356. The van der Waals surface area contributed by atoms with E-state index >= 15 is 0 Å². The van der Waals surface area contributed by atoms with Crippen LogP contribution in [0.15, 0.2) is 47.6 Å². The summed E-state index contributed by atoms with van der Waals surface area (Å²) in [4.78, 5) is 12.9. The quantitative estimate of drug-likeness (QED) is 0.606. The van der Waals surface area contributed by atoms with Crippen molar-refractivity contribution in [2.75, 3.05) is 0 Å². The summed E-state index contributed by atoms with van der Waals surface area (Å²) in [6, 6.07) is 6.95. The Morgan fingerprint density at radius 1 is 1.30 bits per heavy atom. The van der Waals surface area contributed by atoms with Crippen molar-refractivity contribution < 1.29 is 13.9 Å². The first-order valence-corrected chi connectivity index (χ1v) is 7.34. The van der Waals surface area contributed by atoms with Gasteiger partial charge in [0.25, 0.3) is 0 Å². The lowest BCUT2D eigenvalue weighted by atomic mass is 9.71. The number of rotatable bonds is 4. The normalized spacial score (nSPS) is 22.1. The first-order chi connectivity index (χ1) is 9.49. The van der Waals surface area contributed by atoms with Crippen LogP contribution in [0.2, 0.25) is 0 Å². The van der Waals surface area contributed by atoms with Crippen molar-refractivity contribution in [3.05, 3.63) is 53.1 Å². The largest absolute Gasteiger partial charge is 0.542 e. The van der Waals surface area contributed by atoms with Crippen LogP contribution < -0.4 is 4.52 Å². The topological polar surface area (TPSA) is 43.4 Å². The van der Waals surface area contributed by atoms with Crippen LogP contribution in [0.25, 0.3) is 0 Å². The van der Waals surface area contributed by atoms with Gasteiger partial charge in [0.1, 0.15) is 0 Å². The van der Waals surface area contributed by atoms with Crippen LogP contribution in [0.1, 0.15) is 37.6 Å². The number of para-hydroxylation sites is 1. The fraction of sp³-hybridized carbons (Fsp3) is 0.312. The predicted octanol–water partition coefficient (Wildman–Crippen LogP) is 4.49. The SMILES string of the molecule is CC1=CCC(C)(C(=O)c2ccccc2O[PH+]=O)C(C)=C1. The second-order valence-electron chi connectivity index (χ2n) is 5.32. The Morgan fingerprint density at radius 2 is 2.00 bits per heavy atom. The van der Waals surface area contributed by atoms with Gasteiger partial charge in [0.2, 0.25) is 0 Å². The van der Waals surface area contributed by atoms with E-state index in [9.17, 15) is 9.36 Å². The third-order valence-corrected chi connectivity index (χ3v) is 4.23. The lowest BCUT2D eigenvalue weighted by molar-refractivity contribution is 0.0857. The van der Waals surface area contributed by atoms with Crippen LogP contribution in [0.4, 0.5) is 0 Å². The molecule has 20 heavy (non-hydrogen) atoms. The zero-order valence-corrected chi connectivity index (χ0v) is 12.9. The lowest BCUT2D eigenvalue weighted by Gasteiger charge is -2.31. The van der Waals surface area contributed by atoms with Crippen LogP contribution in [-0.2, 0) is 4.57 Å². The van der Waals surface area contributed by atoms with Gasteiger partial charge in [0.05, 0.1) is 11.0 Å². The molecule has 0 aromatic heterocycles. The molecule has 2 atom stereocenters. The zero-order valence-electron chi connectivity index (χ0n) is 11.9. The molecule has 1 aromatic carbocycles. The molecule has 0 saturated carbocycles. The molecule has 0 spiro atoms. The highest BCUT2D eigenvalue weighted by molar-refractivity contribution is 7.17. The van der Waals surface area contributed by atoms with E-state index in [-0.39, 0.29) is 5.78 Å². The van der Waals surface area contributed by atoms with Crippen molar-refractivity contribution in [3.8, 4) is 5.75 Å². The molecule has 104 valence electrons. The smallest absolute Gasteiger partial charge is 0.293 e. The Balaban J connectivity index is 2.42. The Morgan fingerprint density at radius 3 is 2.65 bits per heavy atom. The third kappa shape index (κ3) is 2.59. The number of hydrogen-bond acceptors (Lipinski definition) is 3. The highest BCUT2D eigenvalue weighted by atomic mass is 31.1. The maximum absolute atomic E-state index is 12.9. The number of hydrogen-bond donors (Lipinski definition) is 0. The van der Waals surface area contributed by atoms with Gasteiger partial charge in [0.15, 0.2) is 11.5 Å². The fourth-order valence-corrected chi connectivity index (χ4v) is 2.71. The summed E-state index contributed by atoms with van der Waals surface area (Å²) >= 11 is 0. The van der Waals surface area contributed by atoms with E-state index < -0.39 is 14.1 Å². The number of carbonyl (C=O) groups is 1. The van der Waals surface area contributed by atoms with Gasteiger partial charge in [-0.2, -0.15) is 0 Å². The van der Waals surface area contributed by atoms with E-state index in [1.165, 1.54) is 5.57 Å². The molecule has 3 nitrogen and oxygen atoms in total. The van der Waals surface area contributed by atoms with E-state index in [1.54, 1.807) is 24.3 Å². The molecule has 0 bridgehead atoms. The Labute approximate surface area is 120 Å². The number of Topliss-reactive ketones (excluding diaryl/α,β-unsaturated/α-hetero) is 1. The van der Waals surface area contributed by atoms with Gasteiger partial charge in [-0.1, -0.05) is 35.4 Å². The van der Waals surface area contributed by atoms with Gasteiger partial charge in [0, 0.05) is 0 Å². The summed E-state index contributed by atoms with van der Waals surface area (Å²) in [5.41, 5.74) is 2.14. The molecule has 1 aromatic rings. The van der Waals surface area contributed by atoms with Gasteiger partial charge < -0.3 is 0 Å². The van der Waals surface area contributed by atoms with Crippen molar-refractivity contribution >= 4 is 14.5 Å². The van der Waals surface area contributed by atoms with Gasteiger partial charge in [-0.05, 0) is 43.9 Å². The minimum Gasteiger partial charge on any atom is -0.293 e.